The maximum atomic E-state index is 12.9. The van der Waals surface area contributed by atoms with Crippen LogP contribution >= 0.6 is 0 Å². The summed E-state index contributed by atoms with van der Waals surface area (Å²) in [5.41, 5.74) is 2.05. The summed E-state index contributed by atoms with van der Waals surface area (Å²) in [6, 6.07) is 29.3. The molecule has 5 rings (SSSR count). The van der Waals surface area contributed by atoms with Gasteiger partial charge in [0.25, 0.3) is 5.91 Å². The van der Waals surface area contributed by atoms with Gasteiger partial charge in [-0.3, -0.25) is 14.7 Å². The van der Waals surface area contributed by atoms with Crippen LogP contribution in [0.5, 0.6) is 0 Å². The molecule has 2 heterocycles. The summed E-state index contributed by atoms with van der Waals surface area (Å²) in [6.45, 7) is 0. The zero-order valence-corrected chi connectivity index (χ0v) is 14.6. The standard InChI is InChI=1S/C23H18N2O2/c26-21(17-10-4-1-5-11-17)25-16-24-20-22(25)27-23(20,18-12-6-2-7-13-18)19-14-8-3-9-15-19/h1-16,20,22H/t20-,22-/m1/s1. The maximum absolute atomic E-state index is 12.9. The quantitative estimate of drug-likeness (QED) is 0.717. The lowest BCUT2D eigenvalue weighted by Gasteiger charge is -2.52. The predicted octanol–water partition coefficient (Wildman–Crippen LogP) is 3.84. The van der Waals surface area contributed by atoms with Gasteiger partial charge in [-0.2, -0.15) is 0 Å². The molecule has 0 N–H and O–H groups in total. The molecule has 1 saturated heterocycles. The molecule has 2 atom stereocenters. The highest BCUT2D eigenvalue weighted by atomic mass is 16.6. The maximum Gasteiger partial charge on any atom is 0.261 e. The van der Waals surface area contributed by atoms with Gasteiger partial charge in [0.1, 0.15) is 11.6 Å². The molecule has 4 nitrogen and oxygen atoms in total. The molecule has 4 heteroatoms. The van der Waals surface area contributed by atoms with Crippen LogP contribution in [0.25, 0.3) is 0 Å². The summed E-state index contributed by atoms with van der Waals surface area (Å²) < 4.78 is 6.46. The summed E-state index contributed by atoms with van der Waals surface area (Å²) in [6.07, 6.45) is 1.23. The van der Waals surface area contributed by atoms with E-state index in [0.29, 0.717) is 5.56 Å². The van der Waals surface area contributed by atoms with Crippen molar-refractivity contribution < 1.29 is 9.53 Å². The average Bonchev–Trinajstić information content (AvgIpc) is 3.08. The van der Waals surface area contributed by atoms with Crippen LogP contribution in [-0.2, 0) is 10.3 Å². The Morgan fingerprint density at radius 3 is 1.89 bits per heavy atom. The Labute approximate surface area is 157 Å². The number of hydrogen-bond donors (Lipinski definition) is 0. The summed E-state index contributed by atoms with van der Waals surface area (Å²) in [5, 5.41) is 0. The molecule has 3 aromatic carbocycles. The molecular formula is C23H18N2O2. The predicted molar refractivity (Wildman–Crippen MR) is 103 cm³/mol. The second-order valence-corrected chi connectivity index (χ2v) is 6.76. The molecule has 2 aliphatic rings. The number of amides is 1. The van der Waals surface area contributed by atoms with Gasteiger partial charge >= 0.3 is 0 Å². The lowest BCUT2D eigenvalue weighted by atomic mass is 9.75. The lowest BCUT2D eigenvalue weighted by Crippen LogP contribution is -2.65. The smallest absolute Gasteiger partial charge is 0.261 e. The summed E-state index contributed by atoms with van der Waals surface area (Å²) >= 11 is 0. The van der Waals surface area contributed by atoms with Gasteiger partial charge in [-0.1, -0.05) is 78.9 Å². The first-order chi connectivity index (χ1) is 13.3. The molecule has 0 radical (unpaired) electrons. The molecule has 0 aliphatic carbocycles. The highest BCUT2D eigenvalue weighted by Gasteiger charge is 2.62. The molecule has 3 aromatic rings. The highest BCUT2D eigenvalue weighted by Crippen LogP contribution is 2.51. The van der Waals surface area contributed by atoms with Gasteiger partial charge in [0.15, 0.2) is 6.23 Å². The molecule has 2 aliphatic heterocycles. The number of carbonyl (C=O) groups excluding carboxylic acids is 1. The van der Waals surface area contributed by atoms with Crippen LogP contribution in [-0.4, -0.2) is 29.4 Å². The fourth-order valence-corrected chi connectivity index (χ4v) is 3.96. The van der Waals surface area contributed by atoms with Crippen molar-refractivity contribution in [2.75, 3.05) is 0 Å². The lowest BCUT2D eigenvalue weighted by molar-refractivity contribution is -0.230. The Morgan fingerprint density at radius 2 is 1.33 bits per heavy atom. The highest BCUT2D eigenvalue weighted by molar-refractivity contribution is 6.01. The number of rotatable bonds is 3. The first kappa shape index (κ1) is 16.0. The van der Waals surface area contributed by atoms with E-state index in [1.54, 1.807) is 11.2 Å². The molecule has 0 spiro atoms. The monoisotopic (exact) mass is 354 g/mol. The largest absolute Gasteiger partial charge is 0.337 e. The van der Waals surface area contributed by atoms with Gasteiger partial charge in [0, 0.05) is 5.56 Å². The van der Waals surface area contributed by atoms with Crippen molar-refractivity contribution >= 4 is 12.2 Å². The fourth-order valence-electron chi connectivity index (χ4n) is 3.96. The van der Waals surface area contributed by atoms with E-state index in [4.69, 9.17) is 9.73 Å². The van der Waals surface area contributed by atoms with Crippen LogP contribution in [0.3, 0.4) is 0 Å². The van der Waals surface area contributed by atoms with E-state index in [-0.39, 0.29) is 11.9 Å². The van der Waals surface area contributed by atoms with Crippen LogP contribution in [0.4, 0.5) is 0 Å². The van der Waals surface area contributed by atoms with Gasteiger partial charge in [-0.25, -0.2) is 0 Å². The Hall–Kier alpha value is -3.24. The number of hydrogen-bond acceptors (Lipinski definition) is 3. The van der Waals surface area contributed by atoms with Crippen LogP contribution in [0, 0.1) is 0 Å². The van der Waals surface area contributed by atoms with Crippen molar-refractivity contribution in [1.29, 1.82) is 0 Å². The normalized spacial score (nSPS) is 22.1. The third-order valence-corrected chi connectivity index (χ3v) is 5.28. The van der Waals surface area contributed by atoms with E-state index in [0.717, 1.165) is 11.1 Å². The molecular weight excluding hydrogens is 336 g/mol. The zero-order valence-electron chi connectivity index (χ0n) is 14.6. The summed E-state index contributed by atoms with van der Waals surface area (Å²) in [5.74, 6) is -0.0958. The Balaban J connectivity index is 1.52. The minimum atomic E-state index is -0.671. The minimum Gasteiger partial charge on any atom is -0.337 e. The molecule has 0 unspecified atom stereocenters. The molecule has 27 heavy (non-hydrogen) atoms. The van der Waals surface area contributed by atoms with Crippen LogP contribution in [0.1, 0.15) is 21.5 Å². The van der Waals surface area contributed by atoms with E-state index in [1.165, 1.54) is 0 Å². The second kappa shape index (κ2) is 6.18. The second-order valence-electron chi connectivity index (χ2n) is 6.76. The third kappa shape index (κ3) is 2.34. The van der Waals surface area contributed by atoms with Crippen LogP contribution < -0.4 is 0 Å². The molecule has 1 fully saturated rings. The Bertz CT molecular complexity index is 947. The van der Waals surface area contributed by atoms with Gasteiger partial charge in [0.2, 0.25) is 0 Å². The summed E-state index contributed by atoms with van der Waals surface area (Å²) in [4.78, 5) is 19.2. The van der Waals surface area contributed by atoms with Crippen molar-refractivity contribution in [2.24, 2.45) is 4.99 Å². The SMILES string of the molecule is O=C(c1ccccc1)N1C=N[C@@H]2[C@H]1OC2(c1ccccc1)c1ccccc1. The first-order valence-electron chi connectivity index (χ1n) is 9.00. The Kier molecular flexibility index (Phi) is 3.66. The fraction of sp³-hybridized carbons (Fsp3) is 0.130. The van der Waals surface area contributed by atoms with Gasteiger partial charge in [0.05, 0.1) is 6.34 Å². The van der Waals surface area contributed by atoms with E-state index in [2.05, 4.69) is 24.3 Å². The van der Waals surface area contributed by atoms with E-state index in [1.807, 2.05) is 66.7 Å². The Morgan fingerprint density at radius 1 is 0.815 bits per heavy atom. The van der Waals surface area contributed by atoms with Crippen molar-refractivity contribution in [3.63, 3.8) is 0 Å². The van der Waals surface area contributed by atoms with Crippen LogP contribution in [0.2, 0.25) is 0 Å². The molecule has 132 valence electrons. The zero-order chi connectivity index (χ0) is 18.3. The number of carbonyl (C=O) groups is 1. The van der Waals surface area contributed by atoms with Crippen LogP contribution in [0.15, 0.2) is 96.0 Å². The van der Waals surface area contributed by atoms with E-state index in [9.17, 15) is 4.79 Å². The number of ether oxygens (including phenoxy) is 1. The van der Waals surface area contributed by atoms with Crippen molar-refractivity contribution in [3.05, 3.63) is 108 Å². The van der Waals surface area contributed by atoms with E-state index < -0.39 is 11.8 Å². The topological polar surface area (TPSA) is 41.9 Å². The first-order valence-corrected chi connectivity index (χ1v) is 9.00. The molecule has 1 amide bonds. The number of fused-ring (bicyclic) bond motifs is 1. The van der Waals surface area contributed by atoms with Gasteiger partial charge in [-0.15, -0.1) is 0 Å². The molecule has 0 bridgehead atoms. The average molecular weight is 354 g/mol. The van der Waals surface area contributed by atoms with Gasteiger partial charge < -0.3 is 4.74 Å². The van der Waals surface area contributed by atoms with Crippen molar-refractivity contribution in [2.45, 2.75) is 17.9 Å². The van der Waals surface area contributed by atoms with Crippen molar-refractivity contribution in [1.82, 2.24) is 4.90 Å². The van der Waals surface area contributed by atoms with E-state index >= 15 is 0 Å². The number of benzene rings is 3. The minimum absolute atomic E-state index is 0.0958. The summed E-state index contributed by atoms with van der Waals surface area (Å²) in [7, 11) is 0. The number of aliphatic imine (C=N–C) groups is 1. The third-order valence-electron chi connectivity index (χ3n) is 5.28. The molecule has 0 aromatic heterocycles. The van der Waals surface area contributed by atoms with Gasteiger partial charge in [-0.05, 0) is 23.3 Å². The molecule has 0 saturated carbocycles. The number of nitrogens with zero attached hydrogens (tertiary/aromatic N) is 2. The van der Waals surface area contributed by atoms with Crippen molar-refractivity contribution in [3.8, 4) is 0 Å².